The smallest absolute Gasteiger partial charge is 0.410 e. The van der Waals surface area contributed by atoms with Crippen molar-refractivity contribution in [2.24, 2.45) is 0 Å². The molecule has 0 atom stereocenters. The largest absolute Gasteiger partial charge is 0.447 e. The Labute approximate surface area is 198 Å². The van der Waals surface area contributed by atoms with Crippen LogP contribution in [0.15, 0.2) is 29.4 Å². The van der Waals surface area contributed by atoms with Crippen LogP contribution in [0.5, 0.6) is 0 Å². The molecule has 4 rings (SSSR count). The van der Waals surface area contributed by atoms with Gasteiger partial charge in [0.25, 0.3) is 0 Å². The Kier molecular flexibility index (Phi) is 6.78. The summed E-state index contributed by atoms with van der Waals surface area (Å²) in [6.07, 6.45) is 3.57. The summed E-state index contributed by atoms with van der Waals surface area (Å²) in [6.45, 7) is 6.26. The second-order valence-electron chi connectivity index (χ2n) is 8.73. The number of nitrogens with one attached hydrogen (secondary N) is 2. The fraction of sp³-hybridized carbons (Fsp3) is 0.500. The summed E-state index contributed by atoms with van der Waals surface area (Å²) < 4.78 is 43.3. The van der Waals surface area contributed by atoms with Crippen LogP contribution in [0.4, 0.5) is 32.2 Å². The number of likely N-dealkylation sites (tertiary alicyclic amines) is 1. The fourth-order valence-corrected chi connectivity index (χ4v) is 4.84. The summed E-state index contributed by atoms with van der Waals surface area (Å²) in [4.78, 5) is 24.8. The molecule has 10 nitrogen and oxygen atoms in total. The van der Waals surface area contributed by atoms with Crippen molar-refractivity contribution in [2.45, 2.75) is 43.7 Å². The minimum atomic E-state index is -3.51. The molecule has 2 aliphatic rings. The van der Waals surface area contributed by atoms with Crippen molar-refractivity contribution < 1.29 is 22.3 Å². The average molecular weight is 493 g/mol. The average Bonchev–Trinajstić information content (AvgIpc) is 2.79. The van der Waals surface area contributed by atoms with Gasteiger partial charge in [0.05, 0.1) is 16.7 Å². The van der Waals surface area contributed by atoms with Crippen LogP contribution >= 0.6 is 0 Å². The number of ether oxygens (including phenoxy) is 1. The maximum Gasteiger partial charge on any atom is 0.410 e. The number of amides is 1. The van der Waals surface area contributed by atoms with Crippen molar-refractivity contribution in [2.75, 3.05) is 48.0 Å². The first-order valence-corrected chi connectivity index (χ1v) is 13.1. The lowest BCUT2D eigenvalue weighted by Crippen LogP contribution is -2.50. The first-order valence-electron chi connectivity index (χ1n) is 11.2. The minimum absolute atomic E-state index is 0.0896. The molecule has 0 spiro atoms. The highest BCUT2D eigenvalue weighted by Crippen LogP contribution is 2.37. The van der Waals surface area contributed by atoms with Gasteiger partial charge in [-0.2, -0.15) is 0 Å². The van der Waals surface area contributed by atoms with Crippen molar-refractivity contribution in [3.63, 3.8) is 0 Å². The molecule has 2 N–H and O–H groups in total. The third kappa shape index (κ3) is 5.16. The van der Waals surface area contributed by atoms with E-state index >= 15 is 0 Å². The van der Waals surface area contributed by atoms with E-state index in [0.29, 0.717) is 37.0 Å². The highest BCUT2D eigenvalue weighted by atomic mass is 32.2. The van der Waals surface area contributed by atoms with Crippen LogP contribution in [0.2, 0.25) is 0 Å². The first-order chi connectivity index (χ1) is 16.1. The predicted molar refractivity (Wildman–Crippen MR) is 127 cm³/mol. The van der Waals surface area contributed by atoms with E-state index in [2.05, 4.69) is 25.5 Å². The lowest BCUT2D eigenvalue weighted by Gasteiger charge is -2.41. The summed E-state index contributed by atoms with van der Waals surface area (Å²) in [5.41, 5.74) is 0.770. The number of sulfone groups is 1. The maximum absolute atomic E-state index is 14.6. The predicted octanol–water partition coefficient (Wildman–Crippen LogP) is 3.00. The van der Waals surface area contributed by atoms with Gasteiger partial charge in [-0.05, 0) is 44.9 Å². The molecule has 184 valence electrons. The van der Waals surface area contributed by atoms with E-state index in [0.717, 1.165) is 31.7 Å². The van der Waals surface area contributed by atoms with Gasteiger partial charge < -0.3 is 25.2 Å². The van der Waals surface area contributed by atoms with Crippen molar-refractivity contribution in [3.8, 4) is 0 Å². The van der Waals surface area contributed by atoms with Crippen molar-refractivity contribution in [1.82, 2.24) is 14.9 Å². The van der Waals surface area contributed by atoms with Gasteiger partial charge >= 0.3 is 6.09 Å². The minimum Gasteiger partial charge on any atom is -0.447 e. The van der Waals surface area contributed by atoms with Gasteiger partial charge in [0.15, 0.2) is 21.5 Å². The number of anilines is 4. The first kappa shape index (κ1) is 24.0. The lowest BCUT2D eigenvalue weighted by molar-refractivity contribution is 0.0690. The summed E-state index contributed by atoms with van der Waals surface area (Å²) >= 11 is 0. The van der Waals surface area contributed by atoms with Crippen molar-refractivity contribution in [3.05, 3.63) is 30.3 Å². The van der Waals surface area contributed by atoms with Crippen LogP contribution < -0.4 is 15.5 Å². The monoisotopic (exact) mass is 492 g/mol. The molecule has 0 unspecified atom stereocenters. The second kappa shape index (κ2) is 9.61. The number of carbonyl (C=O) groups is 1. The SMILES string of the molecule is CC(C)OC(=O)N1CCC(N2CCNc3c(Nc4ccc(S(C)(=O)=O)cc4F)ncnc32)CC1. The summed E-state index contributed by atoms with van der Waals surface area (Å²) in [5, 5.41) is 6.26. The number of halogens is 1. The third-order valence-electron chi connectivity index (χ3n) is 5.88. The molecule has 1 aromatic heterocycles. The zero-order chi connectivity index (χ0) is 24.5. The summed E-state index contributed by atoms with van der Waals surface area (Å²) in [5.74, 6) is 0.419. The van der Waals surface area contributed by atoms with Crippen LogP contribution in [0.1, 0.15) is 26.7 Å². The standard InChI is InChI=1S/C22H29FN6O4S/c1-14(2)33-22(30)28-9-6-15(7-10-28)29-11-8-24-19-20(25-13-26-21(19)29)27-18-5-4-16(12-17(18)23)34(3,31)32/h4-5,12-15,24H,6-11H2,1-3H3,(H,25,26,27). The van der Waals surface area contributed by atoms with Gasteiger partial charge in [-0.25, -0.2) is 27.6 Å². The zero-order valence-electron chi connectivity index (χ0n) is 19.4. The molecule has 12 heteroatoms. The molecule has 1 amide bonds. The second-order valence-corrected chi connectivity index (χ2v) is 10.7. The summed E-state index contributed by atoms with van der Waals surface area (Å²) in [7, 11) is -3.51. The molecule has 1 saturated heterocycles. The van der Waals surface area contributed by atoms with E-state index in [1.165, 1.54) is 18.5 Å². The molecule has 3 heterocycles. The van der Waals surface area contributed by atoms with Crippen molar-refractivity contribution >= 4 is 38.9 Å². The van der Waals surface area contributed by atoms with E-state index in [-0.39, 0.29) is 28.8 Å². The van der Waals surface area contributed by atoms with E-state index in [9.17, 15) is 17.6 Å². The summed E-state index contributed by atoms with van der Waals surface area (Å²) in [6, 6.07) is 3.92. The Morgan fingerprint density at radius 3 is 2.62 bits per heavy atom. The van der Waals surface area contributed by atoms with E-state index in [1.807, 2.05) is 13.8 Å². The fourth-order valence-electron chi connectivity index (χ4n) is 4.21. The Hall–Kier alpha value is -3.15. The highest BCUT2D eigenvalue weighted by Gasteiger charge is 2.32. The van der Waals surface area contributed by atoms with E-state index < -0.39 is 15.7 Å². The van der Waals surface area contributed by atoms with Gasteiger partial charge in [0.2, 0.25) is 0 Å². The molecular formula is C22H29FN6O4S. The molecule has 0 radical (unpaired) electrons. The molecule has 2 aliphatic heterocycles. The van der Waals surface area contributed by atoms with Gasteiger partial charge in [0, 0.05) is 38.5 Å². The van der Waals surface area contributed by atoms with Crippen LogP contribution in [-0.2, 0) is 14.6 Å². The van der Waals surface area contributed by atoms with Crippen molar-refractivity contribution in [1.29, 1.82) is 0 Å². The highest BCUT2D eigenvalue weighted by molar-refractivity contribution is 7.90. The zero-order valence-corrected chi connectivity index (χ0v) is 20.2. The quantitative estimate of drug-likeness (QED) is 0.650. The Bertz CT molecular complexity index is 1170. The number of hydrogen-bond acceptors (Lipinski definition) is 9. The number of hydrogen-bond donors (Lipinski definition) is 2. The van der Waals surface area contributed by atoms with Gasteiger partial charge in [0.1, 0.15) is 17.8 Å². The molecule has 0 saturated carbocycles. The Balaban J connectivity index is 1.50. The third-order valence-corrected chi connectivity index (χ3v) is 6.99. The molecule has 1 fully saturated rings. The molecule has 2 aromatic rings. The number of aromatic nitrogens is 2. The van der Waals surface area contributed by atoms with Crippen LogP contribution in [0, 0.1) is 5.82 Å². The number of carbonyl (C=O) groups excluding carboxylic acids is 1. The topological polar surface area (TPSA) is 117 Å². The van der Waals surface area contributed by atoms with E-state index in [4.69, 9.17) is 4.74 Å². The van der Waals surface area contributed by atoms with Crippen LogP contribution in [0.25, 0.3) is 0 Å². The van der Waals surface area contributed by atoms with E-state index in [1.54, 1.807) is 4.90 Å². The van der Waals surface area contributed by atoms with Crippen LogP contribution in [0.3, 0.4) is 0 Å². The molecular weight excluding hydrogens is 463 g/mol. The molecule has 34 heavy (non-hydrogen) atoms. The molecule has 1 aromatic carbocycles. The number of benzene rings is 1. The number of piperidine rings is 1. The normalized spacial score (nSPS) is 16.7. The molecule has 0 aliphatic carbocycles. The van der Waals surface area contributed by atoms with Gasteiger partial charge in [-0.15, -0.1) is 0 Å². The number of fused-ring (bicyclic) bond motifs is 1. The van der Waals surface area contributed by atoms with Gasteiger partial charge in [-0.3, -0.25) is 0 Å². The van der Waals surface area contributed by atoms with Crippen LogP contribution in [-0.4, -0.2) is 74.0 Å². The maximum atomic E-state index is 14.6. The number of nitrogens with zero attached hydrogens (tertiary/aromatic N) is 4. The Morgan fingerprint density at radius 1 is 1.24 bits per heavy atom. The number of rotatable bonds is 5. The lowest BCUT2D eigenvalue weighted by atomic mass is 10.0. The molecule has 0 bridgehead atoms. The Morgan fingerprint density at radius 2 is 1.97 bits per heavy atom. The van der Waals surface area contributed by atoms with Gasteiger partial charge in [-0.1, -0.05) is 0 Å².